The SMILES string of the molecule is CC(C)(N)Cc1cc(Cl)c(Br)cc1O. The molecule has 78 valence electrons. The molecule has 4 heteroatoms. The fourth-order valence-corrected chi connectivity index (χ4v) is 1.73. The van der Waals surface area contributed by atoms with E-state index >= 15 is 0 Å². The maximum Gasteiger partial charge on any atom is 0.120 e. The predicted molar refractivity (Wildman–Crippen MR) is 62.8 cm³/mol. The Morgan fingerprint density at radius 3 is 2.57 bits per heavy atom. The summed E-state index contributed by atoms with van der Waals surface area (Å²) in [5, 5.41) is 10.2. The normalized spacial score (nSPS) is 11.8. The average molecular weight is 279 g/mol. The Balaban J connectivity index is 3.04. The summed E-state index contributed by atoms with van der Waals surface area (Å²) in [7, 11) is 0. The van der Waals surface area contributed by atoms with Gasteiger partial charge >= 0.3 is 0 Å². The van der Waals surface area contributed by atoms with Crippen molar-refractivity contribution >= 4 is 27.5 Å². The third kappa shape index (κ3) is 3.15. The van der Waals surface area contributed by atoms with E-state index in [-0.39, 0.29) is 11.3 Å². The number of phenols is 1. The van der Waals surface area contributed by atoms with E-state index in [1.165, 1.54) is 0 Å². The third-order valence-corrected chi connectivity index (χ3v) is 2.96. The van der Waals surface area contributed by atoms with Gasteiger partial charge in [-0.2, -0.15) is 0 Å². The Morgan fingerprint density at radius 1 is 1.50 bits per heavy atom. The number of halogens is 2. The first kappa shape index (κ1) is 11.8. The molecular weight excluding hydrogens is 265 g/mol. The van der Waals surface area contributed by atoms with Crippen LogP contribution in [0.1, 0.15) is 19.4 Å². The molecule has 0 aromatic heterocycles. The van der Waals surface area contributed by atoms with Gasteiger partial charge in [-0.05, 0) is 53.9 Å². The predicted octanol–water partition coefficient (Wildman–Crippen LogP) is 3.09. The van der Waals surface area contributed by atoms with Crippen molar-refractivity contribution in [2.45, 2.75) is 25.8 Å². The molecule has 3 N–H and O–H groups in total. The molecule has 0 saturated heterocycles. The maximum atomic E-state index is 9.63. The second kappa shape index (κ2) is 4.09. The number of hydrogen-bond donors (Lipinski definition) is 2. The lowest BCUT2D eigenvalue weighted by atomic mass is 9.96. The highest BCUT2D eigenvalue weighted by molar-refractivity contribution is 9.10. The molecule has 14 heavy (non-hydrogen) atoms. The highest BCUT2D eigenvalue weighted by Crippen LogP contribution is 2.31. The van der Waals surface area contributed by atoms with Crippen LogP contribution >= 0.6 is 27.5 Å². The standard InChI is InChI=1S/C10H13BrClNO/c1-10(2,13)5-6-3-8(12)7(11)4-9(6)14/h3-4,14H,5,13H2,1-2H3. The number of nitrogens with two attached hydrogens (primary N) is 1. The van der Waals surface area contributed by atoms with Crippen molar-refractivity contribution in [3.63, 3.8) is 0 Å². The van der Waals surface area contributed by atoms with E-state index in [2.05, 4.69) is 15.9 Å². The Morgan fingerprint density at radius 2 is 2.07 bits per heavy atom. The van der Waals surface area contributed by atoms with Crippen LogP contribution < -0.4 is 5.73 Å². The number of aromatic hydroxyl groups is 1. The van der Waals surface area contributed by atoms with Crippen LogP contribution in [-0.2, 0) is 6.42 Å². The Kier molecular flexibility index (Phi) is 3.45. The molecule has 2 nitrogen and oxygen atoms in total. The van der Waals surface area contributed by atoms with Gasteiger partial charge in [-0.25, -0.2) is 0 Å². The largest absolute Gasteiger partial charge is 0.508 e. The lowest BCUT2D eigenvalue weighted by Gasteiger charge is -2.19. The van der Waals surface area contributed by atoms with Crippen molar-refractivity contribution in [2.75, 3.05) is 0 Å². The summed E-state index contributed by atoms with van der Waals surface area (Å²) >= 11 is 9.15. The first-order valence-electron chi connectivity index (χ1n) is 4.25. The highest BCUT2D eigenvalue weighted by Gasteiger charge is 2.15. The minimum Gasteiger partial charge on any atom is -0.508 e. The average Bonchev–Trinajstić information content (AvgIpc) is 1.97. The summed E-state index contributed by atoms with van der Waals surface area (Å²) in [6.45, 7) is 3.81. The quantitative estimate of drug-likeness (QED) is 0.873. The molecular formula is C10H13BrClNO. The molecule has 0 unspecified atom stereocenters. The molecule has 1 aromatic rings. The third-order valence-electron chi connectivity index (χ3n) is 1.77. The zero-order valence-electron chi connectivity index (χ0n) is 8.14. The van der Waals surface area contributed by atoms with Crippen molar-refractivity contribution in [3.8, 4) is 5.75 Å². The van der Waals surface area contributed by atoms with Crippen LogP contribution in [0.25, 0.3) is 0 Å². The smallest absolute Gasteiger partial charge is 0.120 e. The van der Waals surface area contributed by atoms with Gasteiger partial charge in [-0.1, -0.05) is 11.6 Å². The highest BCUT2D eigenvalue weighted by atomic mass is 79.9. The van der Waals surface area contributed by atoms with Crippen molar-refractivity contribution in [1.29, 1.82) is 0 Å². The van der Waals surface area contributed by atoms with Crippen LogP contribution in [-0.4, -0.2) is 10.6 Å². The number of benzene rings is 1. The summed E-state index contributed by atoms with van der Waals surface area (Å²) in [6, 6.07) is 3.32. The van der Waals surface area contributed by atoms with E-state index in [0.29, 0.717) is 15.9 Å². The van der Waals surface area contributed by atoms with Crippen LogP contribution in [0.5, 0.6) is 5.75 Å². The molecule has 0 radical (unpaired) electrons. The maximum absolute atomic E-state index is 9.63. The molecule has 0 aliphatic rings. The van der Waals surface area contributed by atoms with Crippen LogP contribution in [0.4, 0.5) is 0 Å². The molecule has 0 spiro atoms. The van der Waals surface area contributed by atoms with Crippen LogP contribution in [0, 0.1) is 0 Å². The number of rotatable bonds is 2. The number of phenolic OH excluding ortho intramolecular Hbond substituents is 1. The summed E-state index contributed by atoms with van der Waals surface area (Å²) in [4.78, 5) is 0. The van der Waals surface area contributed by atoms with Gasteiger partial charge in [0.05, 0.1) is 5.02 Å². The minimum absolute atomic E-state index is 0.222. The van der Waals surface area contributed by atoms with Gasteiger partial charge in [0.2, 0.25) is 0 Å². The van der Waals surface area contributed by atoms with E-state index in [4.69, 9.17) is 17.3 Å². The lowest BCUT2D eigenvalue weighted by molar-refractivity contribution is 0.449. The molecule has 1 rings (SSSR count). The van der Waals surface area contributed by atoms with Crippen LogP contribution in [0.2, 0.25) is 5.02 Å². The van der Waals surface area contributed by atoms with Gasteiger partial charge in [-0.15, -0.1) is 0 Å². The zero-order chi connectivity index (χ0) is 10.9. The Bertz CT molecular complexity index is 347. The molecule has 1 aromatic carbocycles. The van der Waals surface area contributed by atoms with E-state index in [1.807, 2.05) is 13.8 Å². The summed E-state index contributed by atoms with van der Waals surface area (Å²) in [6.07, 6.45) is 0.589. The molecule has 0 atom stereocenters. The molecule has 0 saturated carbocycles. The molecule has 0 heterocycles. The number of hydrogen-bond acceptors (Lipinski definition) is 2. The second-order valence-corrected chi connectivity index (χ2v) is 5.32. The molecule has 0 amide bonds. The summed E-state index contributed by atoms with van der Waals surface area (Å²) < 4.78 is 0.690. The fraction of sp³-hybridized carbons (Fsp3) is 0.400. The van der Waals surface area contributed by atoms with Gasteiger partial charge in [0, 0.05) is 10.0 Å². The molecule has 0 fully saturated rings. The van der Waals surface area contributed by atoms with E-state index < -0.39 is 0 Å². The van der Waals surface area contributed by atoms with Crippen molar-refractivity contribution in [3.05, 3.63) is 27.2 Å². The minimum atomic E-state index is -0.353. The topological polar surface area (TPSA) is 46.2 Å². The molecule has 0 aliphatic carbocycles. The van der Waals surface area contributed by atoms with Crippen LogP contribution in [0.15, 0.2) is 16.6 Å². The van der Waals surface area contributed by atoms with Crippen molar-refractivity contribution < 1.29 is 5.11 Å². The molecule has 0 aliphatic heterocycles. The van der Waals surface area contributed by atoms with E-state index in [0.717, 1.165) is 5.56 Å². The lowest BCUT2D eigenvalue weighted by Crippen LogP contribution is -2.34. The summed E-state index contributed by atoms with van der Waals surface area (Å²) in [5.41, 5.74) is 6.28. The van der Waals surface area contributed by atoms with Crippen LogP contribution in [0.3, 0.4) is 0 Å². The van der Waals surface area contributed by atoms with Gasteiger partial charge in [0.1, 0.15) is 5.75 Å². The van der Waals surface area contributed by atoms with Gasteiger partial charge < -0.3 is 10.8 Å². The van der Waals surface area contributed by atoms with Gasteiger partial charge in [-0.3, -0.25) is 0 Å². The Hall–Kier alpha value is -0.250. The zero-order valence-corrected chi connectivity index (χ0v) is 10.5. The first-order valence-corrected chi connectivity index (χ1v) is 5.42. The van der Waals surface area contributed by atoms with E-state index in [9.17, 15) is 5.11 Å². The first-order chi connectivity index (χ1) is 6.29. The fourth-order valence-electron chi connectivity index (χ4n) is 1.21. The molecule has 0 bridgehead atoms. The Labute approximate surface area is 97.2 Å². The van der Waals surface area contributed by atoms with Gasteiger partial charge in [0.15, 0.2) is 0 Å². The monoisotopic (exact) mass is 277 g/mol. The summed E-state index contributed by atoms with van der Waals surface area (Å²) in [5.74, 6) is 0.222. The van der Waals surface area contributed by atoms with Crippen molar-refractivity contribution in [2.24, 2.45) is 5.73 Å². The second-order valence-electron chi connectivity index (χ2n) is 4.06. The van der Waals surface area contributed by atoms with Crippen molar-refractivity contribution in [1.82, 2.24) is 0 Å². The van der Waals surface area contributed by atoms with E-state index in [1.54, 1.807) is 12.1 Å². The van der Waals surface area contributed by atoms with Gasteiger partial charge in [0.25, 0.3) is 0 Å².